The fraction of sp³-hybridized carbons (Fsp3) is 0.944. The van der Waals surface area contributed by atoms with Crippen LogP contribution < -0.4 is 0 Å². The van der Waals surface area contributed by atoms with E-state index < -0.39 is 6.10 Å². The number of aliphatic hydroxyl groups is 1. The van der Waals surface area contributed by atoms with E-state index in [1.807, 2.05) is 7.05 Å². The third-order valence-corrected chi connectivity index (χ3v) is 5.25. The number of amides is 1. The van der Waals surface area contributed by atoms with Crippen molar-refractivity contribution in [3.63, 3.8) is 0 Å². The highest BCUT2D eigenvalue weighted by Crippen LogP contribution is 2.39. The highest BCUT2D eigenvalue weighted by atomic mass is 16.5. The minimum absolute atomic E-state index is 0.175. The summed E-state index contributed by atoms with van der Waals surface area (Å²) in [6.45, 7) is 8.86. The van der Waals surface area contributed by atoms with Crippen LogP contribution in [-0.4, -0.2) is 73.4 Å². The van der Waals surface area contributed by atoms with Crippen LogP contribution in [0.4, 0.5) is 0 Å². The molecule has 1 saturated carbocycles. The van der Waals surface area contributed by atoms with Crippen molar-refractivity contribution >= 4 is 5.91 Å². The van der Waals surface area contributed by atoms with Crippen molar-refractivity contribution in [2.75, 3.05) is 46.4 Å². The quantitative estimate of drug-likeness (QED) is 0.808. The molecular formula is C18H34N2O3. The van der Waals surface area contributed by atoms with Crippen molar-refractivity contribution in [3.05, 3.63) is 0 Å². The van der Waals surface area contributed by atoms with Gasteiger partial charge in [-0.3, -0.25) is 9.69 Å². The number of aliphatic hydroxyl groups excluding tert-OH is 1. The van der Waals surface area contributed by atoms with E-state index in [0.717, 1.165) is 32.7 Å². The van der Waals surface area contributed by atoms with Crippen LogP contribution in [0, 0.1) is 11.3 Å². The van der Waals surface area contributed by atoms with Crippen LogP contribution >= 0.6 is 0 Å². The van der Waals surface area contributed by atoms with Crippen LogP contribution in [0.25, 0.3) is 0 Å². The summed E-state index contributed by atoms with van der Waals surface area (Å²) >= 11 is 0. The van der Waals surface area contributed by atoms with Gasteiger partial charge in [0.15, 0.2) is 0 Å². The predicted molar refractivity (Wildman–Crippen MR) is 91.3 cm³/mol. The van der Waals surface area contributed by atoms with E-state index in [9.17, 15) is 9.90 Å². The third-order valence-electron chi connectivity index (χ3n) is 5.25. The SMILES string of the molecule is CN(CC(O)CN1CCOCC1)C(=O)CC1CCCC(C)(C)C1. The van der Waals surface area contributed by atoms with Crippen LogP contribution in [-0.2, 0) is 9.53 Å². The Balaban J connectivity index is 1.71. The second-order valence-electron chi connectivity index (χ2n) is 8.17. The summed E-state index contributed by atoms with van der Waals surface area (Å²) in [5.41, 5.74) is 0.373. The molecule has 1 saturated heterocycles. The number of carbonyl (C=O) groups excluding carboxylic acids is 1. The minimum atomic E-state index is -0.482. The molecule has 2 fully saturated rings. The molecule has 2 atom stereocenters. The fourth-order valence-corrected chi connectivity index (χ4v) is 3.99. The molecule has 1 N–H and O–H groups in total. The maximum Gasteiger partial charge on any atom is 0.222 e. The maximum absolute atomic E-state index is 12.4. The lowest BCUT2D eigenvalue weighted by Crippen LogP contribution is -2.45. The van der Waals surface area contributed by atoms with Crippen LogP contribution in [0.2, 0.25) is 0 Å². The van der Waals surface area contributed by atoms with Crippen molar-refractivity contribution in [3.8, 4) is 0 Å². The lowest BCUT2D eigenvalue weighted by atomic mass is 9.71. The lowest BCUT2D eigenvalue weighted by Gasteiger charge is -2.35. The zero-order valence-corrected chi connectivity index (χ0v) is 15.1. The monoisotopic (exact) mass is 326 g/mol. The van der Waals surface area contributed by atoms with E-state index in [1.54, 1.807) is 4.90 Å². The first kappa shape index (κ1) is 18.7. The van der Waals surface area contributed by atoms with E-state index in [2.05, 4.69) is 18.7 Å². The molecule has 1 amide bonds. The van der Waals surface area contributed by atoms with Crippen LogP contribution in [0.3, 0.4) is 0 Å². The summed E-state index contributed by atoms with van der Waals surface area (Å²) in [6.07, 6.45) is 4.96. The van der Waals surface area contributed by atoms with Crippen LogP contribution in [0.1, 0.15) is 46.0 Å². The van der Waals surface area contributed by atoms with Gasteiger partial charge in [-0.25, -0.2) is 0 Å². The summed E-state index contributed by atoms with van der Waals surface area (Å²) in [7, 11) is 1.82. The van der Waals surface area contributed by atoms with Gasteiger partial charge in [-0.15, -0.1) is 0 Å². The standard InChI is InChI=1S/C18H34N2O3/c1-18(2)6-4-5-15(12-18)11-17(22)19(3)13-16(21)14-20-7-9-23-10-8-20/h15-16,21H,4-14H2,1-3H3. The number of ether oxygens (including phenoxy) is 1. The molecule has 0 spiro atoms. The van der Waals surface area contributed by atoms with Crippen molar-refractivity contribution in [2.45, 2.75) is 52.1 Å². The van der Waals surface area contributed by atoms with Gasteiger partial charge in [0, 0.05) is 39.6 Å². The van der Waals surface area contributed by atoms with Gasteiger partial charge in [0.05, 0.1) is 19.3 Å². The molecule has 2 unspecified atom stereocenters. The smallest absolute Gasteiger partial charge is 0.222 e. The van der Waals surface area contributed by atoms with E-state index >= 15 is 0 Å². The minimum Gasteiger partial charge on any atom is -0.390 e. The predicted octanol–water partition coefficient (Wildman–Crippen LogP) is 1.74. The molecule has 5 nitrogen and oxygen atoms in total. The van der Waals surface area contributed by atoms with Crippen molar-refractivity contribution < 1.29 is 14.6 Å². The largest absolute Gasteiger partial charge is 0.390 e. The Hall–Kier alpha value is -0.650. The van der Waals surface area contributed by atoms with Crippen molar-refractivity contribution in [1.82, 2.24) is 9.80 Å². The van der Waals surface area contributed by atoms with Gasteiger partial charge in [-0.2, -0.15) is 0 Å². The molecule has 0 aromatic heterocycles. The number of nitrogens with zero attached hydrogens (tertiary/aromatic N) is 2. The molecule has 5 heteroatoms. The fourth-order valence-electron chi connectivity index (χ4n) is 3.99. The zero-order valence-electron chi connectivity index (χ0n) is 15.1. The van der Waals surface area contributed by atoms with Crippen LogP contribution in [0.15, 0.2) is 0 Å². The van der Waals surface area contributed by atoms with Crippen molar-refractivity contribution in [1.29, 1.82) is 0 Å². The van der Waals surface area contributed by atoms with E-state index in [0.29, 0.717) is 30.8 Å². The first-order valence-electron chi connectivity index (χ1n) is 9.08. The van der Waals surface area contributed by atoms with Gasteiger partial charge >= 0.3 is 0 Å². The second kappa shape index (κ2) is 8.45. The number of hydrogen-bond acceptors (Lipinski definition) is 4. The molecular weight excluding hydrogens is 292 g/mol. The van der Waals surface area contributed by atoms with Gasteiger partial charge in [0.25, 0.3) is 0 Å². The summed E-state index contributed by atoms with van der Waals surface area (Å²) in [5, 5.41) is 10.2. The number of carbonyl (C=O) groups is 1. The summed E-state index contributed by atoms with van der Waals surface area (Å²) in [4.78, 5) is 16.4. The van der Waals surface area contributed by atoms with Gasteiger partial charge < -0.3 is 14.7 Å². The lowest BCUT2D eigenvalue weighted by molar-refractivity contribution is -0.133. The maximum atomic E-state index is 12.4. The number of rotatable bonds is 6. The number of morpholine rings is 1. The molecule has 134 valence electrons. The normalized spacial score (nSPS) is 26.7. The summed E-state index contributed by atoms with van der Waals surface area (Å²) in [5.74, 6) is 0.679. The summed E-state index contributed by atoms with van der Waals surface area (Å²) < 4.78 is 5.31. The average Bonchev–Trinajstić information content (AvgIpc) is 2.47. The third kappa shape index (κ3) is 6.40. The Labute approximate surface area is 141 Å². The molecule has 0 aromatic carbocycles. The van der Waals surface area contributed by atoms with Gasteiger partial charge in [-0.1, -0.05) is 20.3 Å². The molecule has 0 aromatic rings. The van der Waals surface area contributed by atoms with E-state index in [1.165, 1.54) is 19.3 Å². The second-order valence-corrected chi connectivity index (χ2v) is 8.17. The zero-order chi connectivity index (χ0) is 16.9. The van der Waals surface area contributed by atoms with E-state index in [-0.39, 0.29) is 5.91 Å². The Kier molecular flexibility index (Phi) is 6.86. The Morgan fingerprint density at radius 3 is 2.74 bits per heavy atom. The first-order valence-corrected chi connectivity index (χ1v) is 9.08. The number of β-amino-alcohol motifs (C(OH)–C–C–N with tert-alkyl or cyclic N) is 1. The van der Waals surface area contributed by atoms with Gasteiger partial charge in [0.2, 0.25) is 5.91 Å². The molecule has 0 radical (unpaired) electrons. The Bertz CT molecular complexity index is 380. The number of likely N-dealkylation sites (N-methyl/N-ethyl adjacent to an activating group) is 1. The number of hydrogen-bond donors (Lipinski definition) is 1. The average molecular weight is 326 g/mol. The summed E-state index contributed by atoms with van der Waals surface area (Å²) in [6, 6.07) is 0. The highest BCUT2D eigenvalue weighted by Gasteiger charge is 2.30. The molecule has 2 rings (SSSR count). The molecule has 1 heterocycles. The first-order chi connectivity index (χ1) is 10.9. The molecule has 1 aliphatic heterocycles. The molecule has 0 bridgehead atoms. The topological polar surface area (TPSA) is 53.0 Å². The Morgan fingerprint density at radius 2 is 2.09 bits per heavy atom. The van der Waals surface area contributed by atoms with Crippen LogP contribution in [0.5, 0.6) is 0 Å². The molecule has 1 aliphatic carbocycles. The van der Waals surface area contributed by atoms with Crippen molar-refractivity contribution in [2.24, 2.45) is 11.3 Å². The Morgan fingerprint density at radius 1 is 1.39 bits per heavy atom. The molecule has 2 aliphatic rings. The highest BCUT2D eigenvalue weighted by molar-refractivity contribution is 5.76. The van der Waals surface area contributed by atoms with Gasteiger partial charge in [-0.05, 0) is 30.6 Å². The van der Waals surface area contributed by atoms with Gasteiger partial charge in [0.1, 0.15) is 0 Å². The van der Waals surface area contributed by atoms with E-state index in [4.69, 9.17) is 4.74 Å². The molecule has 23 heavy (non-hydrogen) atoms.